The zero-order valence-electron chi connectivity index (χ0n) is 14.7. The molecule has 1 amide bonds. The molecule has 0 heterocycles. The van der Waals surface area contributed by atoms with Gasteiger partial charge in [0.1, 0.15) is 11.6 Å². The molecule has 0 saturated carbocycles. The maximum Gasteiger partial charge on any atom is 0.263 e. The summed E-state index contributed by atoms with van der Waals surface area (Å²) in [7, 11) is 0. The number of carbonyl (C=O) groups excluding carboxylic acids is 1. The highest BCUT2D eigenvalue weighted by atomic mass is 16.5. The van der Waals surface area contributed by atoms with Gasteiger partial charge >= 0.3 is 0 Å². The molecule has 0 aromatic heterocycles. The number of ether oxygens (including phenoxy) is 1. The maximum absolute atomic E-state index is 12.0. The lowest BCUT2D eigenvalue weighted by Crippen LogP contribution is -2.31. The number of amides is 1. The smallest absolute Gasteiger partial charge is 0.263 e. The third kappa shape index (κ3) is 10.2. The average molecular weight is 309 g/mol. The standard InChI is InChI=1S/C17H31N3O2/c1-6-22-9-7-8-19-17(21)16(10-18)13-20(11-14(2)3)12-15(4)5/h13-15H,6-9,11-12H2,1-5H3,(H,19,21)/b16-13-. The highest BCUT2D eigenvalue weighted by molar-refractivity contribution is 5.97. The van der Waals surface area contributed by atoms with E-state index in [0.717, 1.165) is 19.5 Å². The van der Waals surface area contributed by atoms with Crippen LogP contribution in [0.3, 0.4) is 0 Å². The quantitative estimate of drug-likeness (QED) is 0.362. The molecule has 0 fully saturated rings. The summed E-state index contributed by atoms with van der Waals surface area (Å²) < 4.78 is 5.21. The van der Waals surface area contributed by atoms with Crippen molar-refractivity contribution < 1.29 is 9.53 Å². The predicted molar refractivity (Wildman–Crippen MR) is 89.1 cm³/mol. The Morgan fingerprint density at radius 3 is 2.32 bits per heavy atom. The highest BCUT2D eigenvalue weighted by Crippen LogP contribution is 2.07. The van der Waals surface area contributed by atoms with E-state index in [1.807, 2.05) is 13.0 Å². The fraction of sp³-hybridized carbons (Fsp3) is 0.765. The number of hydrogen-bond acceptors (Lipinski definition) is 4. The molecule has 0 aliphatic heterocycles. The first-order valence-electron chi connectivity index (χ1n) is 8.12. The van der Waals surface area contributed by atoms with Crippen LogP contribution in [0.2, 0.25) is 0 Å². The van der Waals surface area contributed by atoms with Crippen LogP contribution in [-0.2, 0) is 9.53 Å². The lowest BCUT2D eigenvalue weighted by Gasteiger charge is -2.25. The maximum atomic E-state index is 12.0. The number of nitriles is 1. The normalized spacial score (nSPS) is 11.6. The Morgan fingerprint density at radius 1 is 1.27 bits per heavy atom. The molecule has 0 radical (unpaired) electrons. The second-order valence-corrected chi connectivity index (χ2v) is 6.20. The Labute approximate surface area is 135 Å². The second kappa shape index (κ2) is 12.0. The third-order valence-corrected chi connectivity index (χ3v) is 2.83. The predicted octanol–water partition coefficient (Wildman–Crippen LogP) is 2.55. The summed E-state index contributed by atoms with van der Waals surface area (Å²) in [6.07, 6.45) is 2.44. The molecule has 0 atom stereocenters. The van der Waals surface area contributed by atoms with E-state index in [0.29, 0.717) is 31.6 Å². The first kappa shape index (κ1) is 20.5. The fourth-order valence-electron chi connectivity index (χ4n) is 2.05. The third-order valence-electron chi connectivity index (χ3n) is 2.83. The SMILES string of the molecule is CCOCCCNC(=O)/C(C#N)=C\N(CC(C)C)CC(C)C. The lowest BCUT2D eigenvalue weighted by molar-refractivity contribution is -0.117. The Hall–Kier alpha value is -1.54. The Morgan fingerprint density at radius 2 is 1.86 bits per heavy atom. The van der Waals surface area contributed by atoms with Gasteiger partial charge in [0, 0.05) is 39.0 Å². The minimum absolute atomic E-state index is 0.165. The van der Waals surface area contributed by atoms with E-state index in [9.17, 15) is 10.1 Å². The first-order chi connectivity index (χ1) is 10.4. The molecular formula is C17H31N3O2. The zero-order chi connectivity index (χ0) is 17.0. The van der Waals surface area contributed by atoms with E-state index in [-0.39, 0.29) is 11.5 Å². The van der Waals surface area contributed by atoms with Crippen LogP contribution in [-0.4, -0.2) is 43.7 Å². The van der Waals surface area contributed by atoms with Gasteiger partial charge in [-0.15, -0.1) is 0 Å². The van der Waals surface area contributed by atoms with Gasteiger partial charge in [-0.25, -0.2) is 0 Å². The number of nitrogens with zero attached hydrogens (tertiary/aromatic N) is 2. The average Bonchev–Trinajstić information content (AvgIpc) is 2.42. The minimum Gasteiger partial charge on any atom is -0.382 e. The van der Waals surface area contributed by atoms with Gasteiger partial charge in [-0.05, 0) is 25.2 Å². The van der Waals surface area contributed by atoms with Crippen molar-refractivity contribution >= 4 is 5.91 Å². The molecule has 0 aromatic carbocycles. The van der Waals surface area contributed by atoms with Crippen LogP contribution in [0.25, 0.3) is 0 Å². The van der Waals surface area contributed by atoms with Gasteiger partial charge in [0.15, 0.2) is 0 Å². The van der Waals surface area contributed by atoms with Crippen LogP contribution < -0.4 is 5.32 Å². The molecule has 0 rings (SSSR count). The van der Waals surface area contributed by atoms with E-state index < -0.39 is 0 Å². The molecule has 5 nitrogen and oxygen atoms in total. The molecule has 0 saturated heterocycles. The van der Waals surface area contributed by atoms with Crippen LogP contribution in [0.4, 0.5) is 0 Å². The topological polar surface area (TPSA) is 65.4 Å². The van der Waals surface area contributed by atoms with Gasteiger partial charge < -0.3 is 15.0 Å². The molecule has 126 valence electrons. The molecule has 0 aromatic rings. The summed E-state index contributed by atoms with van der Waals surface area (Å²) in [6, 6.07) is 2.01. The molecule has 0 unspecified atom stereocenters. The van der Waals surface area contributed by atoms with Crippen molar-refractivity contribution in [2.24, 2.45) is 11.8 Å². The molecule has 0 aliphatic rings. The molecule has 0 spiro atoms. The molecule has 5 heteroatoms. The van der Waals surface area contributed by atoms with Crippen molar-refractivity contribution in [3.63, 3.8) is 0 Å². The van der Waals surface area contributed by atoms with Gasteiger partial charge in [-0.2, -0.15) is 5.26 Å². The number of carbonyl (C=O) groups is 1. The van der Waals surface area contributed by atoms with E-state index in [1.165, 1.54) is 0 Å². The Balaban J connectivity index is 4.59. The summed E-state index contributed by atoms with van der Waals surface area (Å²) in [6.45, 7) is 13.9. The molecule has 22 heavy (non-hydrogen) atoms. The van der Waals surface area contributed by atoms with Crippen molar-refractivity contribution in [2.45, 2.75) is 41.0 Å². The van der Waals surface area contributed by atoms with Gasteiger partial charge in [-0.1, -0.05) is 27.7 Å². The zero-order valence-corrected chi connectivity index (χ0v) is 14.7. The molecule has 1 N–H and O–H groups in total. The number of nitrogens with one attached hydrogen (secondary N) is 1. The van der Waals surface area contributed by atoms with Crippen LogP contribution in [0, 0.1) is 23.2 Å². The van der Waals surface area contributed by atoms with Gasteiger partial charge in [0.25, 0.3) is 5.91 Å². The fourth-order valence-corrected chi connectivity index (χ4v) is 2.05. The summed E-state index contributed by atoms with van der Waals surface area (Å²) in [5, 5.41) is 12.0. The van der Waals surface area contributed by atoms with Crippen molar-refractivity contribution in [2.75, 3.05) is 32.8 Å². The van der Waals surface area contributed by atoms with E-state index in [1.54, 1.807) is 6.20 Å². The van der Waals surface area contributed by atoms with Crippen molar-refractivity contribution in [3.05, 3.63) is 11.8 Å². The van der Waals surface area contributed by atoms with Crippen LogP contribution in [0.5, 0.6) is 0 Å². The van der Waals surface area contributed by atoms with Crippen molar-refractivity contribution in [1.29, 1.82) is 5.26 Å². The highest BCUT2D eigenvalue weighted by Gasteiger charge is 2.12. The van der Waals surface area contributed by atoms with Crippen LogP contribution in [0.15, 0.2) is 11.8 Å². The number of rotatable bonds is 11. The minimum atomic E-state index is -0.309. The van der Waals surface area contributed by atoms with Crippen molar-refractivity contribution in [3.8, 4) is 6.07 Å². The summed E-state index contributed by atoms with van der Waals surface area (Å²) in [5.41, 5.74) is 0.165. The largest absolute Gasteiger partial charge is 0.382 e. The van der Waals surface area contributed by atoms with Crippen molar-refractivity contribution in [1.82, 2.24) is 10.2 Å². The number of hydrogen-bond donors (Lipinski definition) is 1. The van der Waals surface area contributed by atoms with E-state index in [4.69, 9.17) is 4.74 Å². The lowest BCUT2D eigenvalue weighted by atomic mass is 10.1. The molecule has 0 aliphatic carbocycles. The van der Waals surface area contributed by atoms with Gasteiger partial charge in [0.2, 0.25) is 0 Å². The summed E-state index contributed by atoms with van der Waals surface area (Å²) >= 11 is 0. The monoisotopic (exact) mass is 309 g/mol. The summed E-state index contributed by atoms with van der Waals surface area (Å²) in [4.78, 5) is 14.1. The van der Waals surface area contributed by atoms with Crippen LogP contribution >= 0.6 is 0 Å². The Kier molecular flexibility index (Phi) is 11.2. The van der Waals surface area contributed by atoms with Gasteiger partial charge in [-0.3, -0.25) is 4.79 Å². The Bertz CT molecular complexity index is 374. The summed E-state index contributed by atoms with van der Waals surface area (Å²) in [5.74, 6) is 0.643. The van der Waals surface area contributed by atoms with Crippen LogP contribution in [0.1, 0.15) is 41.0 Å². The van der Waals surface area contributed by atoms with E-state index in [2.05, 4.69) is 37.9 Å². The first-order valence-corrected chi connectivity index (χ1v) is 8.12. The van der Waals surface area contributed by atoms with E-state index >= 15 is 0 Å². The molecular weight excluding hydrogens is 278 g/mol. The van der Waals surface area contributed by atoms with Gasteiger partial charge in [0.05, 0.1) is 0 Å². The molecule has 0 bridgehead atoms. The second-order valence-electron chi connectivity index (χ2n) is 6.20.